The Morgan fingerprint density at radius 1 is 1.18 bits per heavy atom. The quantitative estimate of drug-likeness (QED) is 0.471. The van der Waals surface area contributed by atoms with Crippen LogP contribution in [0.15, 0.2) is 52.9 Å². The number of allylic oxidation sites excluding steroid dienone is 2. The summed E-state index contributed by atoms with van der Waals surface area (Å²) in [7, 11) is -1.90. The predicted octanol–water partition coefficient (Wildman–Crippen LogP) is 4.69. The first-order valence-electron chi connectivity index (χ1n) is 11.8. The molecule has 2 unspecified atom stereocenters. The summed E-state index contributed by atoms with van der Waals surface area (Å²) in [4.78, 5) is 14.7. The maximum absolute atomic E-state index is 13.4. The number of nitrogens with zero attached hydrogens (tertiary/aromatic N) is 1. The lowest BCUT2D eigenvalue weighted by Gasteiger charge is -2.26. The Labute approximate surface area is 201 Å². The molecular formula is C26H33N3O4S. The number of hydrogen-bond acceptors (Lipinski definition) is 5. The molecule has 0 amide bonds. The van der Waals surface area contributed by atoms with Gasteiger partial charge in [-0.15, -0.1) is 0 Å². The van der Waals surface area contributed by atoms with Crippen LogP contribution >= 0.6 is 0 Å². The van der Waals surface area contributed by atoms with Crippen LogP contribution < -0.4 is 10.0 Å². The van der Waals surface area contributed by atoms with Gasteiger partial charge in [-0.3, -0.25) is 4.72 Å². The van der Waals surface area contributed by atoms with Gasteiger partial charge in [0.05, 0.1) is 16.9 Å². The van der Waals surface area contributed by atoms with Gasteiger partial charge < -0.3 is 15.3 Å². The minimum Gasteiger partial charge on any atom is -0.478 e. The Hall–Kier alpha value is -2.84. The standard InChI is InChI=1S/C26H33N3O4S/c1-17-10-11-19-12-13-22(25(26(30)31)24(19)18(17)2)28-34(32,33)23-9-5-4-8-21(23)27-15-14-20-7-6-16-29(20)3/h4-5,8-10,12-13,18,20,27-28H,6-7,11,14-16H2,1-3H3,(H,30,31). The molecule has 2 aromatic rings. The van der Waals surface area contributed by atoms with E-state index in [0.717, 1.165) is 30.5 Å². The number of fused-ring (bicyclic) bond motifs is 1. The topological polar surface area (TPSA) is 98.7 Å². The lowest BCUT2D eigenvalue weighted by Crippen LogP contribution is -2.27. The Morgan fingerprint density at radius 2 is 1.94 bits per heavy atom. The highest BCUT2D eigenvalue weighted by Crippen LogP contribution is 2.38. The summed E-state index contributed by atoms with van der Waals surface area (Å²) in [5.74, 6) is -1.23. The highest BCUT2D eigenvalue weighted by molar-refractivity contribution is 7.92. The molecule has 2 aliphatic rings. The normalized spacial score (nSPS) is 20.5. The van der Waals surface area contributed by atoms with Gasteiger partial charge in [0.15, 0.2) is 0 Å². The van der Waals surface area contributed by atoms with Crippen molar-refractivity contribution in [3.63, 3.8) is 0 Å². The smallest absolute Gasteiger partial charge is 0.338 e. The molecule has 4 rings (SSSR count). The molecule has 1 heterocycles. The summed E-state index contributed by atoms with van der Waals surface area (Å²) in [6.45, 7) is 5.68. The van der Waals surface area contributed by atoms with Crippen molar-refractivity contribution in [3.05, 3.63) is 64.7 Å². The molecule has 2 aromatic carbocycles. The third kappa shape index (κ3) is 4.83. The molecular weight excluding hydrogens is 450 g/mol. The SMILES string of the molecule is CC1=CCc2ccc(NS(=O)(=O)c3ccccc3NCCC3CCCN3C)c(C(=O)O)c2C1C. The van der Waals surface area contributed by atoms with Gasteiger partial charge >= 0.3 is 5.97 Å². The monoisotopic (exact) mass is 483 g/mol. The van der Waals surface area contributed by atoms with Crippen molar-refractivity contribution in [2.24, 2.45) is 0 Å². The Morgan fingerprint density at radius 3 is 2.65 bits per heavy atom. The second-order valence-electron chi connectivity index (χ2n) is 9.33. The number of carbonyl (C=O) groups is 1. The number of hydrogen-bond donors (Lipinski definition) is 3. The summed E-state index contributed by atoms with van der Waals surface area (Å²) in [6, 6.07) is 10.6. The van der Waals surface area contributed by atoms with Gasteiger partial charge in [0, 0.05) is 18.5 Å². The number of rotatable bonds is 8. The molecule has 8 heteroatoms. The van der Waals surface area contributed by atoms with E-state index in [-0.39, 0.29) is 22.1 Å². The zero-order valence-electron chi connectivity index (χ0n) is 20.0. The molecule has 1 saturated heterocycles. The van der Waals surface area contributed by atoms with E-state index in [9.17, 15) is 18.3 Å². The molecule has 3 N–H and O–H groups in total. The molecule has 182 valence electrons. The fraction of sp³-hybridized carbons (Fsp3) is 0.423. The maximum atomic E-state index is 13.4. The predicted molar refractivity (Wildman–Crippen MR) is 135 cm³/mol. The molecule has 0 bridgehead atoms. The molecule has 1 aliphatic heterocycles. The van der Waals surface area contributed by atoms with Gasteiger partial charge in [-0.2, -0.15) is 0 Å². The Balaban J connectivity index is 1.60. The molecule has 34 heavy (non-hydrogen) atoms. The summed E-state index contributed by atoms with van der Waals surface area (Å²) in [6.07, 6.45) is 6.01. The van der Waals surface area contributed by atoms with Crippen LogP contribution in [0, 0.1) is 0 Å². The average Bonchev–Trinajstić information content (AvgIpc) is 3.21. The van der Waals surface area contributed by atoms with Crippen LogP contribution in [-0.2, 0) is 16.4 Å². The van der Waals surface area contributed by atoms with E-state index in [1.807, 2.05) is 19.9 Å². The lowest BCUT2D eigenvalue weighted by molar-refractivity contribution is 0.0696. The molecule has 1 fully saturated rings. The first-order valence-corrected chi connectivity index (χ1v) is 13.3. The van der Waals surface area contributed by atoms with Gasteiger partial charge in [0.2, 0.25) is 0 Å². The molecule has 7 nitrogen and oxygen atoms in total. The summed E-state index contributed by atoms with van der Waals surface area (Å²) >= 11 is 0. The van der Waals surface area contributed by atoms with E-state index in [4.69, 9.17) is 0 Å². The van der Waals surface area contributed by atoms with Crippen LogP contribution in [0.5, 0.6) is 0 Å². The van der Waals surface area contributed by atoms with Gasteiger partial charge in [-0.05, 0) is 75.5 Å². The number of carboxylic acid groups (broad SMARTS) is 1. The number of likely N-dealkylation sites (tertiary alicyclic amines) is 1. The first-order chi connectivity index (χ1) is 16.2. The van der Waals surface area contributed by atoms with Crippen LogP contribution in [0.2, 0.25) is 0 Å². The number of sulfonamides is 1. The molecule has 0 aromatic heterocycles. The van der Waals surface area contributed by atoms with Crippen molar-refractivity contribution < 1.29 is 18.3 Å². The van der Waals surface area contributed by atoms with Crippen molar-refractivity contribution in [1.82, 2.24) is 4.90 Å². The van der Waals surface area contributed by atoms with E-state index < -0.39 is 16.0 Å². The maximum Gasteiger partial charge on any atom is 0.338 e. The Kier molecular flexibility index (Phi) is 7.00. The number of benzene rings is 2. The molecule has 0 radical (unpaired) electrons. The molecule has 0 saturated carbocycles. The molecule has 0 spiro atoms. The third-order valence-electron chi connectivity index (χ3n) is 7.20. The number of para-hydroxylation sites is 1. The van der Waals surface area contributed by atoms with Crippen LogP contribution in [-0.4, -0.2) is 50.6 Å². The third-order valence-corrected chi connectivity index (χ3v) is 8.62. The lowest BCUT2D eigenvalue weighted by atomic mass is 9.80. The van der Waals surface area contributed by atoms with Gasteiger partial charge in [-0.1, -0.05) is 36.8 Å². The minimum atomic E-state index is -4.02. The largest absolute Gasteiger partial charge is 0.478 e. The first kappa shape index (κ1) is 24.3. The fourth-order valence-corrected chi connectivity index (χ4v) is 6.35. The van der Waals surface area contributed by atoms with Crippen molar-refractivity contribution in [3.8, 4) is 0 Å². The van der Waals surface area contributed by atoms with E-state index in [1.165, 1.54) is 6.42 Å². The Bertz CT molecular complexity index is 1220. The molecule has 2 atom stereocenters. The van der Waals surface area contributed by atoms with E-state index in [1.54, 1.807) is 30.3 Å². The van der Waals surface area contributed by atoms with Crippen LogP contribution in [0.4, 0.5) is 11.4 Å². The zero-order valence-corrected chi connectivity index (χ0v) is 20.8. The van der Waals surface area contributed by atoms with E-state index in [2.05, 4.69) is 28.1 Å². The second-order valence-corrected chi connectivity index (χ2v) is 11.0. The summed E-state index contributed by atoms with van der Waals surface area (Å²) in [5.41, 5.74) is 3.30. The van der Waals surface area contributed by atoms with Crippen molar-refractivity contribution in [2.75, 3.05) is 30.2 Å². The van der Waals surface area contributed by atoms with Crippen molar-refractivity contribution in [1.29, 1.82) is 0 Å². The van der Waals surface area contributed by atoms with Gasteiger partial charge in [0.1, 0.15) is 4.90 Å². The summed E-state index contributed by atoms with van der Waals surface area (Å²) in [5, 5.41) is 13.3. The van der Waals surface area contributed by atoms with Crippen molar-refractivity contribution >= 4 is 27.4 Å². The highest BCUT2D eigenvalue weighted by Gasteiger charge is 2.29. The highest BCUT2D eigenvalue weighted by atomic mass is 32.2. The van der Waals surface area contributed by atoms with Crippen LogP contribution in [0.25, 0.3) is 0 Å². The minimum absolute atomic E-state index is 0.0238. The second kappa shape index (κ2) is 9.80. The number of carboxylic acids is 1. The van der Waals surface area contributed by atoms with Gasteiger partial charge in [-0.25, -0.2) is 13.2 Å². The average molecular weight is 484 g/mol. The van der Waals surface area contributed by atoms with E-state index >= 15 is 0 Å². The van der Waals surface area contributed by atoms with Crippen LogP contribution in [0.3, 0.4) is 0 Å². The number of nitrogens with one attached hydrogen (secondary N) is 2. The molecule has 1 aliphatic carbocycles. The summed E-state index contributed by atoms with van der Waals surface area (Å²) < 4.78 is 29.4. The zero-order chi connectivity index (χ0) is 24.5. The fourth-order valence-electron chi connectivity index (χ4n) is 5.09. The van der Waals surface area contributed by atoms with Crippen LogP contribution in [0.1, 0.15) is 60.5 Å². The van der Waals surface area contributed by atoms with E-state index in [0.29, 0.717) is 30.3 Å². The van der Waals surface area contributed by atoms with Crippen molar-refractivity contribution in [2.45, 2.75) is 56.4 Å². The van der Waals surface area contributed by atoms with Gasteiger partial charge in [0.25, 0.3) is 10.0 Å². The number of aromatic carboxylic acids is 1. The number of anilines is 2.